The molecule has 10 aromatic carbocycles. The van der Waals surface area contributed by atoms with Crippen LogP contribution in [0.1, 0.15) is 11.1 Å². The van der Waals surface area contributed by atoms with Crippen molar-refractivity contribution in [3.05, 3.63) is 223 Å². The summed E-state index contributed by atoms with van der Waals surface area (Å²) in [6.45, 7) is 4.07. The van der Waals surface area contributed by atoms with Gasteiger partial charge in [-0.05, 0) is 107 Å². The fourth-order valence-electron chi connectivity index (χ4n) is 9.76. The molecule has 298 valence electrons. The second kappa shape index (κ2) is 14.9. The molecule has 4 nitrogen and oxygen atoms in total. The molecular formula is C58H41BN2O2. The van der Waals surface area contributed by atoms with Crippen molar-refractivity contribution in [2.75, 3.05) is 9.80 Å². The largest absolute Gasteiger partial charge is 0.458 e. The highest BCUT2D eigenvalue weighted by atomic mass is 16.5. The summed E-state index contributed by atoms with van der Waals surface area (Å²) in [6.07, 6.45) is 0. The van der Waals surface area contributed by atoms with Crippen molar-refractivity contribution >= 4 is 78.8 Å². The third-order valence-electron chi connectivity index (χ3n) is 12.7. The van der Waals surface area contributed by atoms with E-state index in [4.69, 9.17) is 9.47 Å². The number of hydrogen-bond donors (Lipinski definition) is 0. The molecule has 0 fully saturated rings. The molecule has 0 bridgehead atoms. The molecule has 63 heavy (non-hydrogen) atoms. The Kier molecular flexibility index (Phi) is 8.68. The zero-order valence-corrected chi connectivity index (χ0v) is 35.0. The van der Waals surface area contributed by atoms with Gasteiger partial charge in [0.15, 0.2) is 0 Å². The molecule has 0 spiro atoms. The fourth-order valence-corrected chi connectivity index (χ4v) is 9.76. The van der Waals surface area contributed by atoms with Crippen LogP contribution in [0.25, 0.3) is 32.7 Å². The quantitative estimate of drug-likeness (QED) is 0.150. The van der Waals surface area contributed by atoms with Crippen molar-refractivity contribution in [1.82, 2.24) is 0 Å². The number of aryl methyl sites for hydroxylation is 2. The minimum atomic E-state index is -0.195. The predicted molar refractivity (Wildman–Crippen MR) is 263 cm³/mol. The Hall–Kier alpha value is -8.02. The van der Waals surface area contributed by atoms with Crippen LogP contribution in [0.5, 0.6) is 23.0 Å². The van der Waals surface area contributed by atoms with Gasteiger partial charge in [0, 0.05) is 51.1 Å². The molecule has 0 saturated heterocycles. The first kappa shape index (κ1) is 36.8. The molecule has 2 heterocycles. The molecule has 10 aromatic rings. The first-order valence-corrected chi connectivity index (χ1v) is 21.6. The van der Waals surface area contributed by atoms with Gasteiger partial charge in [-0.1, -0.05) is 151 Å². The van der Waals surface area contributed by atoms with Gasteiger partial charge in [0.1, 0.15) is 23.0 Å². The number of ether oxygens (including phenoxy) is 2. The zero-order valence-electron chi connectivity index (χ0n) is 35.0. The van der Waals surface area contributed by atoms with E-state index >= 15 is 0 Å². The molecule has 5 heteroatoms. The van der Waals surface area contributed by atoms with Gasteiger partial charge in [-0.25, -0.2) is 0 Å². The maximum Gasteiger partial charge on any atom is 0.262 e. The summed E-state index contributed by atoms with van der Waals surface area (Å²) in [7, 11) is 0. The number of fused-ring (bicyclic) bond motifs is 8. The number of hydrogen-bond acceptors (Lipinski definition) is 4. The van der Waals surface area contributed by atoms with Crippen molar-refractivity contribution in [3.8, 4) is 34.1 Å². The molecule has 2 aliphatic heterocycles. The lowest BCUT2D eigenvalue weighted by molar-refractivity contribution is 0.466. The van der Waals surface area contributed by atoms with Gasteiger partial charge >= 0.3 is 0 Å². The summed E-state index contributed by atoms with van der Waals surface area (Å²) in [5.41, 5.74) is 14.3. The molecular weight excluding hydrogens is 767 g/mol. The minimum Gasteiger partial charge on any atom is -0.458 e. The van der Waals surface area contributed by atoms with E-state index in [2.05, 4.69) is 236 Å². The van der Waals surface area contributed by atoms with Crippen molar-refractivity contribution in [3.63, 3.8) is 0 Å². The minimum absolute atomic E-state index is 0.195. The Bertz CT molecular complexity index is 3150. The maximum absolute atomic E-state index is 7.28. The first-order chi connectivity index (χ1) is 31.1. The molecule has 0 atom stereocenters. The van der Waals surface area contributed by atoms with Crippen LogP contribution < -0.4 is 35.7 Å². The van der Waals surface area contributed by atoms with Crippen LogP contribution in [0.2, 0.25) is 0 Å². The van der Waals surface area contributed by atoms with Gasteiger partial charge in [-0.2, -0.15) is 0 Å². The Morgan fingerprint density at radius 3 is 1.10 bits per heavy atom. The lowest BCUT2D eigenvalue weighted by Gasteiger charge is -2.37. The van der Waals surface area contributed by atoms with Crippen LogP contribution in [-0.4, -0.2) is 6.71 Å². The van der Waals surface area contributed by atoms with Gasteiger partial charge in [-0.15, -0.1) is 0 Å². The van der Waals surface area contributed by atoms with E-state index in [-0.39, 0.29) is 6.71 Å². The maximum atomic E-state index is 7.28. The van der Waals surface area contributed by atoms with Gasteiger partial charge in [-0.3, -0.25) is 0 Å². The number of rotatable bonds is 7. The highest BCUT2D eigenvalue weighted by Crippen LogP contribution is 2.48. The van der Waals surface area contributed by atoms with Gasteiger partial charge in [0.05, 0.1) is 11.4 Å². The van der Waals surface area contributed by atoms with Crippen LogP contribution in [0, 0.1) is 13.8 Å². The van der Waals surface area contributed by atoms with E-state index in [0.29, 0.717) is 0 Å². The van der Waals surface area contributed by atoms with E-state index in [1.165, 1.54) is 11.1 Å². The smallest absolute Gasteiger partial charge is 0.262 e. The van der Waals surface area contributed by atoms with E-state index in [9.17, 15) is 0 Å². The molecule has 0 aromatic heterocycles. The molecule has 2 aliphatic rings. The van der Waals surface area contributed by atoms with E-state index in [1.807, 2.05) is 0 Å². The number of nitrogens with zero attached hydrogens (tertiary/aromatic N) is 2. The molecule has 0 unspecified atom stereocenters. The summed E-state index contributed by atoms with van der Waals surface area (Å²) >= 11 is 0. The highest BCUT2D eigenvalue weighted by molar-refractivity contribution is 7.01. The third kappa shape index (κ3) is 6.15. The molecule has 0 saturated carbocycles. The molecule has 0 N–H and O–H groups in total. The molecule has 12 rings (SSSR count). The van der Waals surface area contributed by atoms with Gasteiger partial charge < -0.3 is 19.3 Å². The van der Waals surface area contributed by atoms with Crippen molar-refractivity contribution < 1.29 is 9.47 Å². The van der Waals surface area contributed by atoms with Crippen LogP contribution >= 0.6 is 0 Å². The average molecular weight is 809 g/mol. The first-order valence-electron chi connectivity index (χ1n) is 21.6. The Morgan fingerprint density at radius 1 is 0.317 bits per heavy atom. The lowest BCUT2D eigenvalue weighted by Crippen LogP contribution is -2.58. The Labute approximate surface area is 367 Å². The standard InChI is InChI=1S/C58H41BN2O2/c1-38-26-30-44(31-27-38)60(42-18-8-4-9-19-42)50-36-54-56(48-24-14-12-22-46(48)50)59-57-49-25-15-13-23-47(49)51(61(43-20-10-5-11-21-43)45-32-28-39(2)29-33-45)37-55(57)63-53-35-41(34-52(62-54)58(53)59)40-16-6-3-7-17-40/h3-37H,1-2H3. The normalized spacial score (nSPS) is 12.2. The summed E-state index contributed by atoms with van der Waals surface area (Å²) in [6, 6.07) is 75.9. The SMILES string of the molecule is Cc1ccc(N(c2ccccc2)c2cc3c(c4ccccc24)B2c4c(cc(-c5ccccc5)cc4Oc4cc(N(c5ccccc5)c5ccc(C)cc5)c5ccccc5c42)O3)cc1. The number of benzene rings is 10. The second-order valence-electron chi connectivity index (χ2n) is 16.6. The highest BCUT2D eigenvalue weighted by Gasteiger charge is 2.44. The topological polar surface area (TPSA) is 24.9 Å². The van der Waals surface area contributed by atoms with Crippen molar-refractivity contribution in [2.24, 2.45) is 0 Å². The summed E-state index contributed by atoms with van der Waals surface area (Å²) in [4.78, 5) is 4.71. The second-order valence-corrected chi connectivity index (χ2v) is 16.6. The molecule has 0 aliphatic carbocycles. The van der Waals surface area contributed by atoms with E-state index in [1.54, 1.807) is 0 Å². The number of anilines is 6. The average Bonchev–Trinajstić information content (AvgIpc) is 3.33. The van der Waals surface area contributed by atoms with Crippen LogP contribution in [0.15, 0.2) is 212 Å². The van der Waals surface area contributed by atoms with Crippen LogP contribution in [0.4, 0.5) is 34.1 Å². The third-order valence-corrected chi connectivity index (χ3v) is 12.7. The van der Waals surface area contributed by atoms with Gasteiger partial charge in [0.25, 0.3) is 6.71 Å². The molecule has 0 amide bonds. The van der Waals surface area contributed by atoms with Crippen LogP contribution in [0.3, 0.4) is 0 Å². The Balaban J connectivity index is 1.15. The number of para-hydroxylation sites is 2. The zero-order chi connectivity index (χ0) is 42.0. The van der Waals surface area contributed by atoms with Crippen LogP contribution in [-0.2, 0) is 0 Å². The summed E-state index contributed by atoms with van der Waals surface area (Å²) in [5.74, 6) is 3.26. The van der Waals surface area contributed by atoms with E-state index in [0.717, 1.165) is 106 Å². The fraction of sp³-hybridized carbons (Fsp3) is 0.0345. The predicted octanol–water partition coefficient (Wildman–Crippen LogP) is 13.9. The lowest BCUT2D eigenvalue weighted by atomic mass is 9.33. The van der Waals surface area contributed by atoms with E-state index < -0.39 is 0 Å². The molecule has 0 radical (unpaired) electrons. The summed E-state index contributed by atoms with van der Waals surface area (Å²) < 4.78 is 14.6. The monoisotopic (exact) mass is 808 g/mol. The summed E-state index contributed by atoms with van der Waals surface area (Å²) in [5, 5.41) is 4.55. The Morgan fingerprint density at radius 2 is 0.667 bits per heavy atom. The van der Waals surface area contributed by atoms with Crippen molar-refractivity contribution in [2.45, 2.75) is 13.8 Å². The van der Waals surface area contributed by atoms with Gasteiger partial charge in [0.2, 0.25) is 0 Å². The van der Waals surface area contributed by atoms with Crippen molar-refractivity contribution in [1.29, 1.82) is 0 Å².